The molecular formula is C39H42F6O6. The number of esters is 2. The molecule has 0 spiro atoms. The van der Waals surface area contributed by atoms with Crippen LogP contribution in [-0.4, -0.2) is 50.7 Å². The first-order valence-electron chi connectivity index (χ1n) is 16.8. The van der Waals surface area contributed by atoms with Crippen LogP contribution < -0.4 is 0 Å². The average Bonchev–Trinajstić information content (AvgIpc) is 3.11. The van der Waals surface area contributed by atoms with Gasteiger partial charge in [0, 0.05) is 31.8 Å². The van der Waals surface area contributed by atoms with Gasteiger partial charge in [-0.2, -0.15) is 26.3 Å². The lowest BCUT2D eigenvalue weighted by Gasteiger charge is -2.35. The van der Waals surface area contributed by atoms with Crippen LogP contribution >= 0.6 is 0 Å². The van der Waals surface area contributed by atoms with E-state index in [1.165, 1.54) is 48.6 Å². The molecule has 4 atom stereocenters. The number of carbonyl (C=O) groups is 2. The molecule has 0 saturated heterocycles. The molecule has 6 nitrogen and oxygen atoms in total. The number of methoxy groups -OCH3 is 2. The number of halogens is 6. The van der Waals surface area contributed by atoms with Crippen molar-refractivity contribution in [2.75, 3.05) is 14.2 Å². The average molecular weight is 721 g/mol. The number of carbonyl (C=O) groups excluding carboxylic acids is 2. The van der Waals surface area contributed by atoms with Gasteiger partial charge in [-0.1, -0.05) is 116 Å². The molecule has 3 aromatic rings. The highest BCUT2D eigenvalue weighted by molar-refractivity contribution is 5.83. The van der Waals surface area contributed by atoms with Gasteiger partial charge in [-0.25, -0.2) is 9.59 Å². The van der Waals surface area contributed by atoms with Gasteiger partial charge < -0.3 is 18.9 Å². The first-order valence-corrected chi connectivity index (χ1v) is 16.8. The van der Waals surface area contributed by atoms with Gasteiger partial charge in [0.1, 0.15) is 12.2 Å². The summed E-state index contributed by atoms with van der Waals surface area (Å²) >= 11 is 0. The molecule has 1 fully saturated rings. The molecule has 3 aromatic carbocycles. The van der Waals surface area contributed by atoms with Crippen LogP contribution in [0.3, 0.4) is 0 Å². The highest BCUT2D eigenvalue weighted by Gasteiger charge is 2.65. The number of ether oxygens (including phenoxy) is 4. The minimum atomic E-state index is -5.19. The van der Waals surface area contributed by atoms with Gasteiger partial charge in [0.2, 0.25) is 0 Å². The third-order valence-electron chi connectivity index (χ3n) is 9.30. The molecule has 0 heterocycles. The SMILES string of the molecule is CO[C@](C(=O)O[C@@H](C/C=C/[C@H](OC(=O)[C@@](OC)(c1ccccc1)C(F)(F)F)C1CCCCC1)CCc1ccccc1)(c1ccccc1)C(F)(F)F. The Morgan fingerprint density at radius 1 is 0.686 bits per heavy atom. The second-order valence-corrected chi connectivity index (χ2v) is 12.5. The molecule has 0 radical (unpaired) electrons. The van der Waals surface area contributed by atoms with E-state index in [1.54, 1.807) is 18.2 Å². The number of alkyl halides is 6. The van der Waals surface area contributed by atoms with E-state index < -0.39 is 58.8 Å². The molecule has 0 amide bonds. The van der Waals surface area contributed by atoms with E-state index in [9.17, 15) is 35.9 Å². The Hall–Kier alpha value is -4.16. The fourth-order valence-electron chi connectivity index (χ4n) is 6.53. The van der Waals surface area contributed by atoms with Gasteiger partial charge in [0.15, 0.2) is 0 Å². The fraction of sp³-hybridized carbons (Fsp3) is 0.436. The predicted octanol–water partition coefficient (Wildman–Crippen LogP) is 9.18. The molecule has 1 aliphatic rings. The van der Waals surface area contributed by atoms with Gasteiger partial charge >= 0.3 is 24.3 Å². The van der Waals surface area contributed by atoms with E-state index >= 15 is 0 Å². The van der Waals surface area contributed by atoms with E-state index in [4.69, 9.17) is 18.9 Å². The van der Waals surface area contributed by atoms with E-state index in [2.05, 4.69) is 0 Å². The van der Waals surface area contributed by atoms with Crippen LogP contribution in [0.2, 0.25) is 0 Å². The first kappa shape index (κ1) is 39.6. The van der Waals surface area contributed by atoms with Crippen LogP contribution in [-0.2, 0) is 46.2 Å². The zero-order valence-electron chi connectivity index (χ0n) is 28.4. The van der Waals surface area contributed by atoms with Crippen LogP contribution in [0.25, 0.3) is 0 Å². The molecule has 4 rings (SSSR count). The maximum atomic E-state index is 14.7. The molecule has 276 valence electrons. The zero-order valence-corrected chi connectivity index (χ0v) is 28.4. The van der Waals surface area contributed by atoms with E-state index in [1.807, 2.05) is 12.1 Å². The maximum absolute atomic E-state index is 14.7. The van der Waals surface area contributed by atoms with Gasteiger partial charge in [-0.05, 0) is 43.2 Å². The monoisotopic (exact) mass is 720 g/mol. The smallest absolute Gasteiger partial charge is 0.432 e. The quantitative estimate of drug-likeness (QED) is 0.0887. The van der Waals surface area contributed by atoms with Crippen LogP contribution in [0.4, 0.5) is 26.3 Å². The zero-order chi connectivity index (χ0) is 37.1. The Labute approximate surface area is 293 Å². The fourth-order valence-corrected chi connectivity index (χ4v) is 6.53. The molecule has 12 heteroatoms. The highest BCUT2D eigenvalue weighted by atomic mass is 19.4. The Bertz CT molecular complexity index is 1560. The Morgan fingerprint density at radius 3 is 1.59 bits per heavy atom. The van der Waals surface area contributed by atoms with Crippen molar-refractivity contribution in [2.24, 2.45) is 5.92 Å². The summed E-state index contributed by atoms with van der Waals surface area (Å²) in [7, 11) is 1.56. The molecule has 0 aromatic heterocycles. The Balaban J connectivity index is 1.64. The molecular weight excluding hydrogens is 678 g/mol. The number of benzene rings is 3. The molecule has 0 N–H and O–H groups in total. The van der Waals surface area contributed by atoms with Crippen LogP contribution in [0, 0.1) is 5.92 Å². The van der Waals surface area contributed by atoms with Crippen molar-refractivity contribution in [2.45, 2.75) is 87.1 Å². The van der Waals surface area contributed by atoms with E-state index in [0.717, 1.165) is 63.3 Å². The molecule has 0 bridgehead atoms. The second kappa shape index (κ2) is 17.4. The molecule has 0 unspecified atom stereocenters. The van der Waals surface area contributed by atoms with Gasteiger partial charge in [-0.3, -0.25) is 0 Å². The van der Waals surface area contributed by atoms with Crippen molar-refractivity contribution in [1.29, 1.82) is 0 Å². The van der Waals surface area contributed by atoms with Crippen molar-refractivity contribution >= 4 is 11.9 Å². The summed E-state index contributed by atoms with van der Waals surface area (Å²) in [6, 6.07) is 22.0. The Kier molecular flexibility index (Phi) is 13.5. The summed E-state index contributed by atoms with van der Waals surface area (Å²) < 4.78 is 109. The van der Waals surface area contributed by atoms with Crippen LogP contribution in [0.1, 0.15) is 61.6 Å². The minimum absolute atomic E-state index is 0.106. The van der Waals surface area contributed by atoms with Crippen molar-refractivity contribution < 1.29 is 54.9 Å². The molecule has 0 aliphatic heterocycles. The predicted molar refractivity (Wildman–Crippen MR) is 177 cm³/mol. The summed E-state index contributed by atoms with van der Waals surface area (Å²) in [6.07, 6.45) is -5.77. The van der Waals surface area contributed by atoms with Gasteiger partial charge in [-0.15, -0.1) is 0 Å². The van der Waals surface area contributed by atoms with Crippen molar-refractivity contribution in [1.82, 2.24) is 0 Å². The summed E-state index contributed by atoms with van der Waals surface area (Å²) in [6.45, 7) is 0. The highest BCUT2D eigenvalue weighted by Crippen LogP contribution is 2.45. The van der Waals surface area contributed by atoms with Gasteiger partial charge in [0.05, 0.1) is 0 Å². The number of hydrogen-bond donors (Lipinski definition) is 0. The number of aryl methyl sites for hydroxylation is 1. The third-order valence-corrected chi connectivity index (χ3v) is 9.30. The number of hydrogen-bond acceptors (Lipinski definition) is 6. The van der Waals surface area contributed by atoms with Crippen LogP contribution in [0.15, 0.2) is 103 Å². The largest absolute Gasteiger partial charge is 0.459 e. The molecule has 1 saturated carbocycles. The summed E-state index contributed by atoms with van der Waals surface area (Å²) in [4.78, 5) is 27.1. The maximum Gasteiger partial charge on any atom is 0.432 e. The molecule has 1 aliphatic carbocycles. The summed E-state index contributed by atoms with van der Waals surface area (Å²) in [5.74, 6) is -3.63. The lowest BCUT2D eigenvalue weighted by Crippen LogP contribution is -2.53. The topological polar surface area (TPSA) is 71.1 Å². The standard InChI is InChI=1S/C39H42F6O6/c1-48-36(38(40,41)42,30-20-11-5-12-21-30)34(46)50-32(27-26-28-16-7-3-8-17-28)24-15-25-33(29-18-9-4-10-19-29)51-35(47)37(49-2,39(43,44)45)31-22-13-6-14-23-31/h3,5-8,11-17,20-23,25,29,32-33H,4,9-10,18-19,24,26-27H2,1-2H3/b25-15+/t32-,33-,36-,37-/m0/s1. The van der Waals surface area contributed by atoms with Gasteiger partial charge in [0.25, 0.3) is 11.2 Å². The van der Waals surface area contributed by atoms with Crippen molar-refractivity contribution in [3.8, 4) is 0 Å². The Morgan fingerprint density at radius 2 is 1.14 bits per heavy atom. The lowest BCUT2D eigenvalue weighted by molar-refractivity contribution is -0.279. The van der Waals surface area contributed by atoms with Crippen molar-refractivity contribution in [3.63, 3.8) is 0 Å². The van der Waals surface area contributed by atoms with E-state index in [-0.39, 0.29) is 18.8 Å². The molecule has 51 heavy (non-hydrogen) atoms. The van der Waals surface area contributed by atoms with Crippen molar-refractivity contribution in [3.05, 3.63) is 120 Å². The van der Waals surface area contributed by atoms with Crippen LogP contribution in [0.5, 0.6) is 0 Å². The summed E-state index contributed by atoms with van der Waals surface area (Å²) in [5.41, 5.74) is -6.88. The normalized spacial score (nSPS) is 18.0. The van der Waals surface area contributed by atoms with E-state index in [0.29, 0.717) is 19.3 Å². The second-order valence-electron chi connectivity index (χ2n) is 12.5. The lowest BCUT2D eigenvalue weighted by atomic mass is 9.84. The summed E-state index contributed by atoms with van der Waals surface area (Å²) in [5, 5.41) is 0. The number of rotatable bonds is 15. The first-order chi connectivity index (χ1) is 24.3. The third kappa shape index (κ3) is 9.02. The minimum Gasteiger partial charge on any atom is -0.459 e.